The summed E-state index contributed by atoms with van der Waals surface area (Å²) in [5.41, 5.74) is -0.215. The van der Waals surface area contributed by atoms with E-state index < -0.39 is 0 Å². The fourth-order valence-electron chi connectivity index (χ4n) is 1.35. The first-order valence-electron chi connectivity index (χ1n) is 4.09. The number of terminal acetylenes is 2. The smallest absolute Gasteiger partial charge is 0.0559 e. The Balaban J connectivity index is 4.41. The minimum absolute atomic E-state index is 0.215. The first-order valence-corrected chi connectivity index (χ1v) is 4.09. The quantitative estimate of drug-likeness (QED) is 0.574. The van der Waals surface area contributed by atoms with Crippen molar-refractivity contribution in [1.29, 1.82) is 0 Å². The van der Waals surface area contributed by atoms with Gasteiger partial charge in [0, 0.05) is 32.5 Å². The van der Waals surface area contributed by atoms with Crippen molar-refractivity contribution < 1.29 is 9.47 Å². The van der Waals surface area contributed by atoms with E-state index in [1.54, 1.807) is 14.2 Å². The minimum atomic E-state index is -0.215. The number of ether oxygens (including phenoxy) is 2. The van der Waals surface area contributed by atoms with Gasteiger partial charge in [0.1, 0.15) is 0 Å². The molecule has 0 radical (unpaired) electrons. The van der Waals surface area contributed by atoms with E-state index in [9.17, 15) is 0 Å². The van der Waals surface area contributed by atoms with Crippen LogP contribution in [0.25, 0.3) is 0 Å². The molecular formula is C11H16O2. The summed E-state index contributed by atoms with van der Waals surface area (Å²) < 4.78 is 10.2. The molecule has 0 aliphatic heterocycles. The van der Waals surface area contributed by atoms with Gasteiger partial charge in [-0.1, -0.05) is 0 Å². The lowest BCUT2D eigenvalue weighted by Gasteiger charge is -2.28. The zero-order valence-corrected chi connectivity index (χ0v) is 8.30. The lowest BCUT2D eigenvalue weighted by molar-refractivity contribution is 0.0164. The monoisotopic (exact) mass is 180 g/mol. The van der Waals surface area contributed by atoms with Crippen LogP contribution in [0.4, 0.5) is 0 Å². The molecule has 2 heteroatoms. The zero-order valence-electron chi connectivity index (χ0n) is 8.30. The van der Waals surface area contributed by atoms with Crippen LogP contribution in [-0.4, -0.2) is 27.4 Å². The molecule has 0 N–H and O–H groups in total. The lowest BCUT2D eigenvalue weighted by atomic mass is 9.83. The van der Waals surface area contributed by atoms with Crippen molar-refractivity contribution in [1.82, 2.24) is 0 Å². The van der Waals surface area contributed by atoms with E-state index >= 15 is 0 Å². The Hall–Kier alpha value is -0.960. The van der Waals surface area contributed by atoms with Crippen molar-refractivity contribution in [3.63, 3.8) is 0 Å². The molecule has 0 fully saturated rings. The highest BCUT2D eigenvalue weighted by Gasteiger charge is 2.28. The van der Waals surface area contributed by atoms with E-state index in [0.717, 1.165) is 0 Å². The summed E-state index contributed by atoms with van der Waals surface area (Å²) in [6, 6.07) is 0. The first kappa shape index (κ1) is 12.0. The molecule has 0 aromatic rings. The van der Waals surface area contributed by atoms with Crippen LogP contribution in [-0.2, 0) is 9.47 Å². The zero-order chi connectivity index (χ0) is 10.2. The molecule has 0 rings (SSSR count). The largest absolute Gasteiger partial charge is 0.384 e. The van der Waals surface area contributed by atoms with Crippen molar-refractivity contribution in [2.45, 2.75) is 12.8 Å². The van der Waals surface area contributed by atoms with Gasteiger partial charge in [-0.25, -0.2) is 0 Å². The lowest BCUT2D eigenvalue weighted by Crippen LogP contribution is -2.31. The van der Waals surface area contributed by atoms with Crippen molar-refractivity contribution in [2.24, 2.45) is 5.41 Å². The van der Waals surface area contributed by atoms with Gasteiger partial charge >= 0.3 is 0 Å². The van der Waals surface area contributed by atoms with E-state index in [1.165, 1.54) is 0 Å². The highest BCUT2D eigenvalue weighted by atomic mass is 16.5. The standard InChI is InChI=1S/C11H16O2/c1-5-7-11(8-6-2,9-12-3)10-13-4/h1-2H,7-10H2,3-4H3. The molecule has 0 saturated carbocycles. The fraction of sp³-hybridized carbons (Fsp3) is 0.636. The molecule has 0 aliphatic carbocycles. The van der Waals surface area contributed by atoms with Crippen LogP contribution in [0, 0.1) is 30.1 Å². The molecule has 0 aliphatic rings. The van der Waals surface area contributed by atoms with Gasteiger partial charge in [0.05, 0.1) is 13.2 Å². The molecular weight excluding hydrogens is 164 g/mol. The molecule has 0 atom stereocenters. The molecule has 0 amide bonds. The maximum absolute atomic E-state index is 5.28. The van der Waals surface area contributed by atoms with Gasteiger partial charge in [0.25, 0.3) is 0 Å². The van der Waals surface area contributed by atoms with Gasteiger partial charge in [0.2, 0.25) is 0 Å². The van der Waals surface area contributed by atoms with Crippen LogP contribution in [0.1, 0.15) is 12.8 Å². The molecule has 0 unspecified atom stereocenters. The summed E-state index contributed by atoms with van der Waals surface area (Å²) in [7, 11) is 3.27. The third-order valence-electron chi connectivity index (χ3n) is 1.86. The molecule has 0 aromatic carbocycles. The summed E-state index contributed by atoms with van der Waals surface area (Å²) in [6.07, 6.45) is 11.7. The van der Waals surface area contributed by atoms with Crippen molar-refractivity contribution in [3.8, 4) is 24.7 Å². The Kier molecular flexibility index (Phi) is 6.06. The molecule has 2 nitrogen and oxygen atoms in total. The van der Waals surface area contributed by atoms with Crippen LogP contribution in [0.3, 0.4) is 0 Å². The SMILES string of the molecule is C#CCC(CC#C)(COC)COC. The van der Waals surface area contributed by atoms with Gasteiger partial charge < -0.3 is 9.47 Å². The second-order valence-corrected chi connectivity index (χ2v) is 3.13. The molecule has 0 aromatic heterocycles. The van der Waals surface area contributed by atoms with Crippen LogP contribution < -0.4 is 0 Å². The van der Waals surface area contributed by atoms with E-state index in [1.807, 2.05) is 0 Å². The highest BCUT2D eigenvalue weighted by molar-refractivity contribution is 5.01. The topological polar surface area (TPSA) is 18.5 Å². The average molecular weight is 180 g/mol. The normalized spacial score (nSPS) is 10.5. The van der Waals surface area contributed by atoms with Gasteiger partial charge in [-0.15, -0.1) is 24.7 Å². The summed E-state index contributed by atoms with van der Waals surface area (Å²) in [6.45, 7) is 1.07. The summed E-state index contributed by atoms with van der Waals surface area (Å²) in [4.78, 5) is 0. The molecule has 0 bridgehead atoms. The third-order valence-corrected chi connectivity index (χ3v) is 1.86. The van der Waals surface area contributed by atoms with Crippen LogP contribution in [0.2, 0.25) is 0 Å². The van der Waals surface area contributed by atoms with E-state index in [-0.39, 0.29) is 5.41 Å². The van der Waals surface area contributed by atoms with Gasteiger partial charge in [0.15, 0.2) is 0 Å². The molecule has 13 heavy (non-hydrogen) atoms. The van der Waals surface area contributed by atoms with Crippen molar-refractivity contribution >= 4 is 0 Å². The van der Waals surface area contributed by atoms with Gasteiger partial charge in [-0.3, -0.25) is 0 Å². The number of hydrogen-bond donors (Lipinski definition) is 0. The second-order valence-electron chi connectivity index (χ2n) is 3.13. The Labute approximate surface area is 80.6 Å². The third kappa shape index (κ3) is 3.99. The molecule has 0 saturated heterocycles. The number of methoxy groups -OCH3 is 2. The number of hydrogen-bond acceptors (Lipinski definition) is 2. The van der Waals surface area contributed by atoms with Crippen LogP contribution in [0.5, 0.6) is 0 Å². The molecule has 0 heterocycles. The summed E-state index contributed by atoms with van der Waals surface area (Å²) in [5.74, 6) is 5.22. The minimum Gasteiger partial charge on any atom is -0.384 e. The number of rotatable bonds is 6. The van der Waals surface area contributed by atoms with Crippen LogP contribution >= 0.6 is 0 Å². The summed E-state index contributed by atoms with van der Waals surface area (Å²) in [5, 5.41) is 0. The Morgan fingerprint density at radius 3 is 1.62 bits per heavy atom. The second kappa shape index (κ2) is 6.54. The maximum atomic E-state index is 5.28. The van der Waals surface area contributed by atoms with E-state index in [2.05, 4.69) is 11.8 Å². The maximum Gasteiger partial charge on any atom is 0.0559 e. The first-order chi connectivity index (χ1) is 6.24. The molecule has 0 spiro atoms. The Bertz CT molecular complexity index is 183. The Morgan fingerprint density at radius 1 is 1.00 bits per heavy atom. The summed E-state index contributed by atoms with van der Waals surface area (Å²) >= 11 is 0. The van der Waals surface area contributed by atoms with Crippen LogP contribution in [0.15, 0.2) is 0 Å². The molecule has 72 valence electrons. The van der Waals surface area contributed by atoms with Crippen molar-refractivity contribution in [2.75, 3.05) is 27.4 Å². The fourth-order valence-corrected chi connectivity index (χ4v) is 1.35. The van der Waals surface area contributed by atoms with E-state index in [4.69, 9.17) is 22.3 Å². The predicted molar refractivity (Wildman–Crippen MR) is 53.1 cm³/mol. The van der Waals surface area contributed by atoms with Gasteiger partial charge in [-0.2, -0.15) is 0 Å². The highest BCUT2D eigenvalue weighted by Crippen LogP contribution is 2.26. The Morgan fingerprint density at radius 2 is 1.38 bits per heavy atom. The predicted octanol–water partition coefficient (Wildman–Crippen LogP) is 1.31. The van der Waals surface area contributed by atoms with E-state index in [0.29, 0.717) is 26.1 Å². The van der Waals surface area contributed by atoms with Gasteiger partial charge in [-0.05, 0) is 0 Å². The van der Waals surface area contributed by atoms with Crippen molar-refractivity contribution in [3.05, 3.63) is 0 Å². The average Bonchev–Trinajstić information content (AvgIpc) is 2.06.